The quantitative estimate of drug-likeness (QED) is 0.606. The molecule has 1 aromatic rings. The molecule has 0 saturated heterocycles. The van der Waals surface area contributed by atoms with E-state index in [1.165, 1.54) is 13.0 Å². The second-order valence-corrected chi connectivity index (χ2v) is 2.81. The second kappa shape index (κ2) is 6.44. The molecule has 0 heterocycles. The largest absolute Gasteiger partial charge is 0.507 e. The predicted octanol–water partition coefficient (Wildman–Crippen LogP) is 3.36. The van der Waals surface area contributed by atoms with Crippen LogP contribution < -0.4 is 0 Å². The van der Waals surface area contributed by atoms with Gasteiger partial charge in [-0.2, -0.15) is 0 Å². The van der Waals surface area contributed by atoms with Gasteiger partial charge in [0, 0.05) is 5.88 Å². The first-order valence-corrected chi connectivity index (χ1v) is 5.07. The van der Waals surface area contributed by atoms with Crippen molar-refractivity contribution in [1.82, 2.24) is 0 Å². The molecular weight excluding hydrogens is 200 g/mol. The van der Waals surface area contributed by atoms with E-state index in [-0.39, 0.29) is 11.5 Å². The fourth-order valence-corrected chi connectivity index (χ4v) is 1.11. The Balaban J connectivity index is 0.000000791. The number of carbonyl (C=O) groups is 1. The summed E-state index contributed by atoms with van der Waals surface area (Å²) in [6.07, 6.45) is 0. The number of phenolic OH excluding ortho intramolecular Hbond substituents is 1. The summed E-state index contributed by atoms with van der Waals surface area (Å²) >= 11 is 5.56. The van der Waals surface area contributed by atoms with Crippen LogP contribution >= 0.6 is 11.6 Å². The summed E-state index contributed by atoms with van der Waals surface area (Å²) in [5, 5.41) is 9.24. The first-order chi connectivity index (χ1) is 6.65. The number of phenols is 1. The van der Waals surface area contributed by atoms with Gasteiger partial charge in [-0.25, -0.2) is 0 Å². The summed E-state index contributed by atoms with van der Waals surface area (Å²) < 4.78 is 0. The number of hydrogen-bond acceptors (Lipinski definition) is 2. The predicted molar refractivity (Wildman–Crippen MR) is 59.0 cm³/mol. The van der Waals surface area contributed by atoms with Gasteiger partial charge in [0.05, 0.1) is 5.56 Å². The third-order valence-corrected chi connectivity index (χ3v) is 1.90. The van der Waals surface area contributed by atoms with Crippen LogP contribution in [0.1, 0.15) is 36.7 Å². The van der Waals surface area contributed by atoms with E-state index in [4.69, 9.17) is 11.6 Å². The molecule has 0 aliphatic carbocycles. The lowest BCUT2D eigenvalue weighted by atomic mass is 10.1. The number of benzene rings is 1. The summed E-state index contributed by atoms with van der Waals surface area (Å²) in [4.78, 5) is 10.9. The zero-order valence-electron chi connectivity index (χ0n) is 8.67. The Morgan fingerprint density at radius 2 is 2.00 bits per heavy atom. The van der Waals surface area contributed by atoms with Gasteiger partial charge < -0.3 is 5.11 Å². The number of halogens is 1. The lowest BCUT2D eigenvalue weighted by Crippen LogP contribution is -1.93. The minimum atomic E-state index is -0.153. The molecule has 0 aliphatic rings. The lowest BCUT2D eigenvalue weighted by molar-refractivity contribution is 0.101. The number of rotatable bonds is 2. The average Bonchev–Trinajstić information content (AvgIpc) is 2.21. The van der Waals surface area contributed by atoms with Gasteiger partial charge >= 0.3 is 0 Å². The van der Waals surface area contributed by atoms with Crippen molar-refractivity contribution in [2.75, 3.05) is 0 Å². The molecule has 0 fully saturated rings. The van der Waals surface area contributed by atoms with E-state index in [0.29, 0.717) is 11.4 Å². The second-order valence-electron chi connectivity index (χ2n) is 2.54. The molecule has 1 aromatic carbocycles. The van der Waals surface area contributed by atoms with Gasteiger partial charge in [0.2, 0.25) is 0 Å². The summed E-state index contributed by atoms with van der Waals surface area (Å²) in [5.74, 6) is 0.205. The number of carbonyl (C=O) groups excluding carboxylic acids is 1. The van der Waals surface area contributed by atoms with E-state index >= 15 is 0 Å². The van der Waals surface area contributed by atoms with Crippen molar-refractivity contribution in [2.24, 2.45) is 0 Å². The molecule has 1 N–H and O–H groups in total. The fourth-order valence-electron chi connectivity index (χ4n) is 0.948. The zero-order valence-corrected chi connectivity index (χ0v) is 9.43. The molecule has 0 unspecified atom stereocenters. The van der Waals surface area contributed by atoms with Crippen LogP contribution in [0.25, 0.3) is 0 Å². The van der Waals surface area contributed by atoms with Crippen LogP contribution in [0.5, 0.6) is 5.75 Å². The SMILES string of the molecule is CC.CC(=O)c1cc(CCl)ccc1O. The van der Waals surface area contributed by atoms with Gasteiger partial charge in [0.1, 0.15) is 5.75 Å². The summed E-state index contributed by atoms with van der Waals surface area (Å²) in [7, 11) is 0. The minimum absolute atomic E-state index is 0.0105. The van der Waals surface area contributed by atoms with E-state index in [1.807, 2.05) is 13.8 Å². The maximum absolute atomic E-state index is 10.9. The Morgan fingerprint density at radius 3 is 2.43 bits per heavy atom. The van der Waals surface area contributed by atoms with Crippen molar-refractivity contribution >= 4 is 17.4 Å². The van der Waals surface area contributed by atoms with E-state index in [2.05, 4.69) is 0 Å². The highest BCUT2D eigenvalue weighted by Gasteiger charge is 2.06. The van der Waals surface area contributed by atoms with Crippen molar-refractivity contribution in [3.63, 3.8) is 0 Å². The Kier molecular flexibility index (Phi) is 5.97. The smallest absolute Gasteiger partial charge is 0.163 e. The van der Waals surface area contributed by atoms with Crippen LogP contribution in [0.2, 0.25) is 0 Å². The standard InChI is InChI=1S/C9H9ClO2.C2H6/c1-6(11)8-4-7(5-10)2-3-9(8)12;1-2/h2-4,12H,5H2,1H3;1-2H3. The summed E-state index contributed by atoms with van der Waals surface area (Å²) in [5.41, 5.74) is 1.16. The molecule has 0 aliphatic heterocycles. The molecule has 0 bridgehead atoms. The summed E-state index contributed by atoms with van der Waals surface area (Å²) in [6.45, 7) is 5.41. The minimum Gasteiger partial charge on any atom is -0.507 e. The molecule has 0 saturated carbocycles. The maximum atomic E-state index is 10.9. The molecule has 2 nitrogen and oxygen atoms in total. The van der Waals surface area contributed by atoms with Crippen molar-refractivity contribution in [1.29, 1.82) is 0 Å². The van der Waals surface area contributed by atoms with Crippen LogP contribution in [-0.4, -0.2) is 10.9 Å². The van der Waals surface area contributed by atoms with Gasteiger partial charge in [-0.3, -0.25) is 4.79 Å². The van der Waals surface area contributed by atoms with E-state index in [9.17, 15) is 9.90 Å². The van der Waals surface area contributed by atoms with E-state index in [1.54, 1.807) is 12.1 Å². The van der Waals surface area contributed by atoms with Crippen LogP contribution in [0.4, 0.5) is 0 Å². The molecule has 1 rings (SSSR count). The Morgan fingerprint density at radius 1 is 1.43 bits per heavy atom. The average molecular weight is 215 g/mol. The van der Waals surface area contributed by atoms with Gasteiger partial charge in [0.15, 0.2) is 5.78 Å². The third-order valence-electron chi connectivity index (χ3n) is 1.59. The van der Waals surface area contributed by atoms with Gasteiger partial charge in [-0.1, -0.05) is 19.9 Å². The van der Waals surface area contributed by atoms with Crippen LogP contribution in [0, 0.1) is 0 Å². The Hall–Kier alpha value is -1.02. The molecule has 0 radical (unpaired) electrons. The Labute approximate surface area is 89.5 Å². The highest BCUT2D eigenvalue weighted by Crippen LogP contribution is 2.19. The van der Waals surface area contributed by atoms with Crippen LogP contribution in [0.15, 0.2) is 18.2 Å². The number of hydrogen-bond donors (Lipinski definition) is 1. The fraction of sp³-hybridized carbons (Fsp3) is 0.364. The number of ketones is 1. The molecular formula is C11H15ClO2. The van der Waals surface area contributed by atoms with Gasteiger partial charge in [-0.05, 0) is 24.6 Å². The zero-order chi connectivity index (χ0) is 11.1. The molecule has 0 spiro atoms. The van der Waals surface area contributed by atoms with Crippen molar-refractivity contribution in [2.45, 2.75) is 26.7 Å². The van der Waals surface area contributed by atoms with E-state index in [0.717, 1.165) is 5.56 Å². The third kappa shape index (κ3) is 3.38. The summed E-state index contributed by atoms with van der Waals surface area (Å²) in [6, 6.07) is 4.77. The lowest BCUT2D eigenvalue weighted by Gasteiger charge is -2.01. The maximum Gasteiger partial charge on any atom is 0.163 e. The van der Waals surface area contributed by atoms with Crippen molar-refractivity contribution in [3.8, 4) is 5.75 Å². The molecule has 14 heavy (non-hydrogen) atoms. The van der Waals surface area contributed by atoms with Gasteiger partial charge in [0.25, 0.3) is 0 Å². The number of alkyl halides is 1. The molecule has 0 amide bonds. The molecule has 3 heteroatoms. The highest BCUT2D eigenvalue weighted by atomic mass is 35.5. The number of Topliss-reactive ketones (excluding diaryl/α,β-unsaturated/α-hetero) is 1. The molecule has 0 aromatic heterocycles. The topological polar surface area (TPSA) is 37.3 Å². The van der Waals surface area contributed by atoms with Gasteiger partial charge in [-0.15, -0.1) is 11.6 Å². The monoisotopic (exact) mass is 214 g/mol. The molecule has 78 valence electrons. The Bertz CT molecular complexity index is 308. The highest BCUT2D eigenvalue weighted by molar-refractivity contribution is 6.17. The molecule has 0 atom stereocenters. The van der Waals surface area contributed by atoms with Crippen LogP contribution in [0.3, 0.4) is 0 Å². The first kappa shape index (κ1) is 13.0. The van der Waals surface area contributed by atoms with Crippen LogP contribution in [-0.2, 0) is 5.88 Å². The van der Waals surface area contributed by atoms with Crippen molar-refractivity contribution < 1.29 is 9.90 Å². The number of aromatic hydroxyl groups is 1. The van der Waals surface area contributed by atoms with Crippen molar-refractivity contribution in [3.05, 3.63) is 29.3 Å². The normalized spacial score (nSPS) is 8.86. The first-order valence-electron chi connectivity index (χ1n) is 4.54. The van der Waals surface area contributed by atoms with E-state index < -0.39 is 0 Å².